The molecule has 1 heterocycles. The standard InChI is InChI=1S/C29H28N6O5/c1-17-4-7-21(14-25(17)40-18(2)36)28(39)34(3)22-10-11-24-23(15-22)32-29(35(24)13-12-26(31)37)33-27(38)20-8-5-19(16-30)6-9-20/h5-11,14-15,17H,4,12-13H2,1-3H3,(H2,31,37)(H,32,33,38). The molecule has 0 saturated heterocycles. The van der Waals surface area contributed by atoms with Crippen LogP contribution in [0.5, 0.6) is 0 Å². The van der Waals surface area contributed by atoms with Gasteiger partial charge in [-0.15, -0.1) is 0 Å². The highest BCUT2D eigenvalue weighted by atomic mass is 16.5. The van der Waals surface area contributed by atoms with Crippen LogP contribution in [0.3, 0.4) is 0 Å². The van der Waals surface area contributed by atoms with Crippen molar-refractivity contribution in [3.8, 4) is 6.07 Å². The minimum atomic E-state index is -0.510. The van der Waals surface area contributed by atoms with E-state index in [0.29, 0.717) is 45.6 Å². The van der Waals surface area contributed by atoms with Crippen LogP contribution in [-0.2, 0) is 25.7 Å². The third kappa shape index (κ3) is 6.07. The molecular formula is C29H28N6O5. The lowest BCUT2D eigenvalue weighted by Gasteiger charge is -2.23. The van der Waals surface area contributed by atoms with E-state index >= 15 is 0 Å². The lowest BCUT2D eigenvalue weighted by atomic mass is 9.95. The first kappa shape index (κ1) is 27.8. The zero-order chi connectivity index (χ0) is 29.0. The highest BCUT2D eigenvalue weighted by Crippen LogP contribution is 2.29. The molecule has 0 bridgehead atoms. The number of esters is 1. The first-order valence-corrected chi connectivity index (χ1v) is 12.6. The van der Waals surface area contributed by atoms with E-state index in [1.165, 1.54) is 36.1 Å². The number of hydrogen-bond acceptors (Lipinski definition) is 7. The fourth-order valence-electron chi connectivity index (χ4n) is 4.27. The zero-order valence-electron chi connectivity index (χ0n) is 22.3. The van der Waals surface area contributed by atoms with Crippen molar-refractivity contribution in [3.05, 3.63) is 77.1 Å². The van der Waals surface area contributed by atoms with E-state index in [2.05, 4.69) is 10.3 Å². The van der Waals surface area contributed by atoms with Crippen LogP contribution in [0.1, 0.15) is 42.6 Å². The second-order valence-corrected chi connectivity index (χ2v) is 9.42. The molecule has 1 aliphatic carbocycles. The fourth-order valence-corrected chi connectivity index (χ4v) is 4.27. The first-order chi connectivity index (χ1) is 19.1. The topological polar surface area (TPSA) is 160 Å². The molecular weight excluding hydrogens is 512 g/mol. The highest BCUT2D eigenvalue weighted by Gasteiger charge is 2.24. The van der Waals surface area contributed by atoms with Gasteiger partial charge in [0.15, 0.2) is 0 Å². The van der Waals surface area contributed by atoms with E-state index in [0.717, 1.165) is 0 Å². The first-order valence-electron chi connectivity index (χ1n) is 12.6. The molecule has 204 valence electrons. The second-order valence-electron chi connectivity index (χ2n) is 9.42. The van der Waals surface area contributed by atoms with Crippen molar-refractivity contribution in [2.24, 2.45) is 11.7 Å². The van der Waals surface area contributed by atoms with Gasteiger partial charge in [0.25, 0.3) is 11.8 Å². The molecule has 1 unspecified atom stereocenters. The molecule has 3 N–H and O–H groups in total. The number of primary amides is 1. The average molecular weight is 541 g/mol. The number of nitrogens with one attached hydrogen (secondary N) is 1. The lowest BCUT2D eigenvalue weighted by molar-refractivity contribution is -0.137. The number of amides is 3. The predicted octanol–water partition coefficient (Wildman–Crippen LogP) is 3.41. The summed E-state index contributed by atoms with van der Waals surface area (Å²) in [5.74, 6) is -1.07. The number of allylic oxidation sites excluding steroid dienone is 2. The number of fused-ring (bicyclic) bond motifs is 1. The Balaban J connectivity index is 1.63. The van der Waals surface area contributed by atoms with Crippen molar-refractivity contribution in [1.82, 2.24) is 9.55 Å². The summed E-state index contributed by atoms with van der Waals surface area (Å²) in [6.45, 7) is 3.41. The largest absolute Gasteiger partial charge is 0.431 e. The highest BCUT2D eigenvalue weighted by molar-refractivity contribution is 6.08. The monoisotopic (exact) mass is 540 g/mol. The predicted molar refractivity (Wildman–Crippen MR) is 148 cm³/mol. The van der Waals surface area contributed by atoms with Crippen LogP contribution < -0.4 is 16.0 Å². The minimum Gasteiger partial charge on any atom is -0.431 e. The number of ether oxygens (including phenoxy) is 1. The van der Waals surface area contributed by atoms with E-state index in [1.54, 1.807) is 35.9 Å². The van der Waals surface area contributed by atoms with E-state index in [4.69, 9.17) is 15.7 Å². The van der Waals surface area contributed by atoms with Crippen LogP contribution in [0.15, 0.2) is 65.9 Å². The maximum absolute atomic E-state index is 13.3. The summed E-state index contributed by atoms with van der Waals surface area (Å²) in [5, 5.41) is 11.8. The van der Waals surface area contributed by atoms with Crippen LogP contribution in [0.2, 0.25) is 0 Å². The molecule has 1 aliphatic rings. The van der Waals surface area contributed by atoms with Crippen LogP contribution in [0.25, 0.3) is 11.0 Å². The van der Waals surface area contributed by atoms with Gasteiger partial charge in [0.1, 0.15) is 5.76 Å². The molecule has 0 aliphatic heterocycles. The Bertz CT molecular complexity index is 1610. The van der Waals surface area contributed by atoms with Crippen molar-refractivity contribution in [3.63, 3.8) is 0 Å². The van der Waals surface area contributed by atoms with E-state index in [9.17, 15) is 19.2 Å². The number of aromatic nitrogens is 2. The number of nitrogens with two attached hydrogens (primary N) is 1. The van der Waals surface area contributed by atoms with E-state index in [-0.39, 0.29) is 30.7 Å². The summed E-state index contributed by atoms with van der Waals surface area (Å²) in [6.07, 6.45) is 3.97. The van der Waals surface area contributed by atoms with Gasteiger partial charge in [0.2, 0.25) is 11.9 Å². The molecule has 0 spiro atoms. The molecule has 1 atom stereocenters. The number of aryl methyl sites for hydroxylation is 1. The third-order valence-electron chi connectivity index (χ3n) is 6.49. The quantitative estimate of drug-likeness (QED) is 0.414. The summed E-state index contributed by atoms with van der Waals surface area (Å²) in [5.41, 5.74) is 8.18. The maximum Gasteiger partial charge on any atom is 0.307 e. The molecule has 11 heteroatoms. The van der Waals surface area contributed by atoms with Gasteiger partial charge < -0.3 is 19.9 Å². The maximum atomic E-state index is 13.3. The Kier molecular flexibility index (Phi) is 8.09. The fraction of sp³-hybridized carbons (Fsp3) is 0.241. The third-order valence-corrected chi connectivity index (χ3v) is 6.49. The molecule has 0 radical (unpaired) electrons. The Hall–Kier alpha value is -5.24. The molecule has 11 nitrogen and oxygen atoms in total. The SMILES string of the molecule is CC(=O)OC1=CC(C(=O)N(C)c2ccc3c(c2)nc(NC(=O)c2ccc(C#N)cc2)n3CCC(N)=O)=CCC1C. The number of imidazole rings is 1. The number of nitriles is 1. The molecule has 40 heavy (non-hydrogen) atoms. The molecule has 4 rings (SSSR count). The number of rotatable bonds is 8. The molecule has 2 aromatic carbocycles. The van der Waals surface area contributed by atoms with Crippen LogP contribution >= 0.6 is 0 Å². The van der Waals surface area contributed by atoms with Gasteiger partial charge >= 0.3 is 5.97 Å². The Morgan fingerprint density at radius 1 is 1.20 bits per heavy atom. The lowest BCUT2D eigenvalue weighted by Crippen LogP contribution is -2.28. The van der Waals surface area contributed by atoms with Gasteiger partial charge in [-0.05, 0) is 55.0 Å². The van der Waals surface area contributed by atoms with Gasteiger partial charge in [0, 0.05) is 49.7 Å². The van der Waals surface area contributed by atoms with Gasteiger partial charge in [-0.25, -0.2) is 4.98 Å². The Morgan fingerprint density at radius 3 is 2.58 bits per heavy atom. The van der Waals surface area contributed by atoms with Gasteiger partial charge in [0.05, 0.1) is 22.7 Å². The van der Waals surface area contributed by atoms with Gasteiger partial charge in [-0.2, -0.15) is 5.26 Å². The Labute approximate surface area is 230 Å². The summed E-state index contributed by atoms with van der Waals surface area (Å²) in [4.78, 5) is 55.2. The smallest absolute Gasteiger partial charge is 0.307 e. The van der Waals surface area contributed by atoms with Crippen LogP contribution in [0, 0.1) is 17.2 Å². The van der Waals surface area contributed by atoms with Crippen LogP contribution in [-0.4, -0.2) is 40.3 Å². The molecule has 1 aromatic heterocycles. The molecule has 3 aromatic rings. The van der Waals surface area contributed by atoms with E-state index < -0.39 is 17.8 Å². The number of hydrogen-bond donors (Lipinski definition) is 2. The Morgan fingerprint density at radius 2 is 1.93 bits per heavy atom. The number of likely N-dealkylation sites (N-methyl/N-ethyl adjacent to an activating group) is 1. The second kappa shape index (κ2) is 11.7. The number of carbonyl (C=O) groups is 4. The van der Waals surface area contributed by atoms with E-state index in [1.807, 2.05) is 19.1 Å². The summed E-state index contributed by atoms with van der Waals surface area (Å²) in [7, 11) is 1.62. The van der Waals surface area contributed by atoms with Crippen molar-refractivity contribution in [2.45, 2.75) is 33.2 Å². The minimum absolute atomic E-state index is 0.0227. The van der Waals surface area contributed by atoms with Crippen molar-refractivity contribution in [2.75, 3.05) is 17.3 Å². The normalized spacial score (nSPS) is 14.5. The van der Waals surface area contributed by atoms with Crippen molar-refractivity contribution >= 4 is 46.4 Å². The summed E-state index contributed by atoms with van der Waals surface area (Å²) < 4.78 is 6.95. The summed E-state index contributed by atoms with van der Waals surface area (Å²) >= 11 is 0. The van der Waals surface area contributed by atoms with Crippen LogP contribution in [0.4, 0.5) is 11.6 Å². The number of benzene rings is 2. The average Bonchev–Trinajstić information content (AvgIpc) is 3.27. The molecule has 3 amide bonds. The number of anilines is 2. The number of nitrogens with zero attached hydrogens (tertiary/aromatic N) is 4. The van der Waals surface area contributed by atoms with Crippen molar-refractivity contribution < 1.29 is 23.9 Å². The van der Waals surface area contributed by atoms with Crippen molar-refractivity contribution in [1.29, 1.82) is 5.26 Å². The molecule has 0 fully saturated rings. The molecule has 0 saturated carbocycles. The van der Waals surface area contributed by atoms with Gasteiger partial charge in [-0.3, -0.25) is 24.5 Å². The van der Waals surface area contributed by atoms with Gasteiger partial charge in [-0.1, -0.05) is 13.0 Å². The number of carbonyl (C=O) groups excluding carboxylic acids is 4. The summed E-state index contributed by atoms with van der Waals surface area (Å²) in [6, 6.07) is 13.3. The zero-order valence-corrected chi connectivity index (χ0v) is 22.3.